The molecule has 0 saturated heterocycles. The number of hydrogen-bond donors (Lipinski definition) is 1. The van der Waals surface area contributed by atoms with Gasteiger partial charge in [-0.3, -0.25) is 9.59 Å². The van der Waals surface area contributed by atoms with E-state index in [0.717, 1.165) is 28.3 Å². The van der Waals surface area contributed by atoms with E-state index in [-0.39, 0.29) is 30.0 Å². The lowest BCUT2D eigenvalue weighted by molar-refractivity contribution is -0.155. The van der Waals surface area contributed by atoms with E-state index in [2.05, 4.69) is 37.1 Å². The Morgan fingerprint density at radius 2 is 1.57 bits per heavy atom. The van der Waals surface area contributed by atoms with Crippen LogP contribution in [0.15, 0.2) is 60.7 Å². The third-order valence-electron chi connectivity index (χ3n) is 7.23. The van der Waals surface area contributed by atoms with E-state index < -0.39 is 38.3 Å². The second-order valence-corrected chi connectivity index (χ2v) is 19.4. The fraction of sp³-hybridized carbons (Fsp3) is 0.471. The minimum atomic E-state index is -1.38. The number of carbonyl (C=O) groups excluding carboxylic acids is 4. The molecule has 2 aromatic rings. The summed E-state index contributed by atoms with van der Waals surface area (Å²) in [6.07, 6.45) is 2.24. The van der Waals surface area contributed by atoms with Crippen molar-refractivity contribution in [3.63, 3.8) is 0 Å². The smallest absolute Gasteiger partial charge is 0.407 e. The lowest BCUT2D eigenvalue weighted by Gasteiger charge is -2.24. The van der Waals surface area contributed by atoms with Crippen LogP contribution in [-0.4, -0.2) is 62.3 Å². The van der Waals surface area contributed by atoms with Gasteiger partial charge in [0.05, 0.1) is 13.0 Å². The SMILES string of the molecule is CC(=O)SCC/C=C/[C@H](CC(=O)OCC[Si](C)(C)C)OC(=O)[C@@H](NC(=O)OCC1c2ccccc2-c2ccccc21)C(C)C. The molecule has 0 radical (unpaired) electrons. The lowest BCUT2D eigenvalue weighted by Crippen LogP contribution is -2.46. The van der Waals surface area contributed by atoms with Crippen LogP contribution in [0.3, 0.4) is 0 Å². The van der Waals surface area contributed by atoms with Crippen molar-refractivity contribution in [3.05, 3.63) is 71.8 Å². The Morgan fingerprint density at radius 3 is 2.14 bits per heavy atom. The minimum absolute atomic E-state index is 0.0199. The van der Waals surface area contributed by atoms with Crippen LogP contribution >= 0.6 is 11.8 Å². The van der Waals surface area contributed by atoms with Crippen molar-refractivity contribution in [2.45, 2.75) is 77.4 Å². The van der Waals surface area contributed by atoms with Gasteiger partial charge < -0.3 is 19.5 Å². The van der Waals surface area contributed by atoms with Gasteiger partial charge in [0.2, 0.25) is 0 Å². The molecule has 0 bridgehead atoms. The van der Waals surface area contributed by atoms with Gasteiger partial charge in [-0.05, 0) is 46.7 Å². The summed E-state index contributed by atoms with van der Waals surface area (Å²) < 4.78 is 16.8. The second-order valence-electron chi connectivity index (χ2n) is 12.5. The van der Waals surface area contributed by atoms with Gasteiger partial charge in [-0.25, -0.2) is 9.59 Å². The molecule has 238 valence electrons. The van der Waals surface area contributed by atoms with E-state index in [4.69, 9.17) is 14.2 Å². The summed E-state index contributed by atoms with van der Waals surface area (Å²) in [6.45, 7) is 12.1. The van der Waals surface area contributed by atoms with Crippen molar-refractivity contribution in [1.29, 1.82) is 0 Å². The average Bonchev–Trinajstić information content (AvgIpc) is 3.27. The highest BCUT2D eigenvalue weighted by atomic mass is 32.2. The summed E-state index contributed by atoms with van der Waals surface area (Å²) in [4.78, 5) is 50.1. The van der Waals surface area contributed by atoms with Crippen LogP contribution in [0.4, 0.5) is 4.79 Å². The van der Waals surface area contributed by atoms with Crippen LogP contribution in [0, 0.1) is 5.92 Å². The molecular formula is C34H45NO7SSi. The maximum Gasteiger partial charge on any atom is 0.407 e. The van der Waals surface area contributed by atoms with E-state index in [0.29, 0.717) is 18.8 Å². The number of thioether (sulfide) groups is 1. The molecule has 0 spiro atoms. The molecule has 44 heavy (non-hydrogen) atoms. The fourth-order valence-electron chi connectivity index (χ4n) is 4.85. The first-order valence-corrected chi connectivity index (χ1v) is 19.8. The monoisotopic (exact) mass is 639 g/mol. The standard InChI is InChI=1S/C34H45NO7SSi/c1-23(2)32(35-34(39)41-22-30-28-16-9-7-14-26(28)27-15-8-10-17-29(27)30)33(38)42-25(13-11-12-19-43-24(3)36)21-31(37)40-18-20-44(4,5)6/h7-11,13-17,23,25,30,32H,12,18-22H2,1-6H3,(H,35,39)/b13-11+/t25-,32+/m1/s1. The van der Waals surface area contributed by atoms with Gasteiger partial charge >= 0.3 is 18.0 Å². The van der Waals surface area contributed by atoms with E-state index in [1.54, 1.807) is 26.0 Å². The van der Waals surface area contributed by atoms with Crippen molar-refractivity contribution in [3.8, 4) is 11.1 Å². The van der Waals surface area contributed by atoms with E-state index in [1.165, 1.54) is 18.7 Å². The Bertz CT molecular complexity index is 1290. The highest BCUT2D eigenvalue weighted by molar-refractivity contribution is 8.13. The molecule has 1 N–H and O–H groups in total. The van der Waals surface area contributed by atoms with Gasteiger partial charge in [-0.2, -0.15) is 0 Å². The number of rotatable bonds is 15. The molecule has 0 fully saturated rings. The molecule has 2 aromatic carbocycles. The molecular weight excluding hydrogens is 595 g/mol. The highest BCUT2D eigenvalue weighted by Gasteiger charge is 2.32. The number of benzene rings is 2. The number of alkyl carbamates (subject to hydrolysis) is 1. The lowest BCUT2D eigenvalue weighted by atomic mass is 9.98. The Hall–Kier alpha value is -3.37. The maximum atomic E-state index is 13.3. The molecule has 2 atom stereocenters. The molecule has 0 heterocycles. The van der Waals surface area contributed by atoms with Crippen LogP contribution in [0.25, 0.3) is 11.1 Å². The summed E-state index contributed by atoms with van der Waals surface area (Å²) in [5.74, 6) is -0.973. The fourth-order valence-corrected chi connectivity index (χ4v) is 6.11. The Balaban J connectivity index is 1.62. The van der Waals surface area contributed by atoms with Crippen LogP contribution in [0.5, 0.6) is 0 Å². The van der Waals surface area contributed by atoms with Gasteiger partial charge in [0, 0.05) is 26.7 Å². The Morgan fingerprint density at radius 1 is 0.955 bits per heavy atom. The molecule has 0 saturated carbocycles. The first-order valence-electron chi connectivity index (χ1n) is 15.1. The topological polar surface area (TPSA) is 108 Å². The number of allylic oxidation sites excluding steroid dienone is 1. The number of hydrogen-bond acceptors (Lipinski definition) is 8. The number of carbonyl (C=O) groups is 4. The van der Waals surface area contributed by atoms with Gasteiger partial charge in [-0.15, -0.1) is 0 Å². The van der Waals surface area contributed by atoms with Crippen LogP contribution in [0.2, 0.25) is 25.7 Å². The normalized spacial score (nSPS) is 14.1. The van der Waals surface area contributed by atoms with Gasteiger partial charge in [0.25, 0.3) is 0 Å². The van der Waals surface area contributed by atoms with Crippen molar-refractivity contribution in [1.82, 2.24) is 5.32 Å². The third-order valence-corrected chi connectivity index (χ3v) is 9.78. The van der Waals surface area contributed by atoms with E-state index >= 15 is 0 Å². The van der Waals surface area contributed by atoms with Gasteiger partial charge in [0.15, 0.2) is 5.12 Å². The zero-order chi connectivity index (χ0) is 32.3. The molecule has 8 nitrogen and oxygen atoms in total. The van der Waals surface area contributed by atoms with Crippen LogP contribution in [-0.2, 0) is 28.6 Å². The molecule has 1 aliphatic rings. The second kappa shape index (κ2) is 16.6. The number of esters is 2. The summed E-state index contributed by atoms with van der Waals surface area (Å²) >= 11 is 1.20. The minimum Gasteiger partial charge on any atom is -0.466 e. The number of ether oxygens (including phenoxy) is 3. The Kier molecular flexibility index (Phi) is 13.3. The molecule has 0 aromatic heterocycles. The van der Waals surface area contributed by atoms with Crippen molar-refractivity contribution in [2.24, 2.45) is 5.92 Å². The van der Waals surface area contributed by atoms with Crippen LogP contribution < -0.4 is 5.32 Å². The van der Waals surface area contributed by atoms with Crippen LogP contribution in [0.1, 0.15) is 50.7 Å². The van der Waals surface area contributed by atoms with Crippen molar-refractivity contribution >= 4 is 43.0 Å². The quantitative estimate of drug-likeness (QED) is 0.0733. The van der Waals surface area contributed by atoms with Gasteiger partial charge in [0.1, 0.15) is 18.8 Å². The molecule has 0 unspecified atom stereocenters. The van der Waals surface area contributed by atoms with Crippen molar-refractivity contribution in [2.75, 3.05) is 19.0 Å². The zero-order valence-electron chi connectivity index (χ0n) is 26.6. The summed E-state index contributed by atoms with van der Waals surface area (Å²) in [6, 6.07) is 16.0. The van der Waals surface area contributed by atoms with E-state index in [9.17, 15) is 19.2 Å². The average molecular weight is 640 g/mol. The molecule has 0 aliphatic heterocycles. The largest absolute Gasteiger partial charge is 0.466 e. The number of amides is 1. The summed E-state index contributed by atoms with van der Waals surface area (Å²) in [5.41, 5.74) is 4.43. The summed E-state index contributed by atoms with van der Waals surface area (Å²) in [7, 11) is -1.38. The molecule has 1 aliphatic carbocycles. The highest BCUT2D eigenvalue weighted by Crippen LogP contribution is 2.44. The maximum absolute atomic E-state index is 13.3. The van der Waals surface area contributed by atoms with E-state index in [1.807, 2.05) is 36.4 Å². The molecule has 3 rings (SSSR count). The first kappa shape index (κ1) is 35.1. The number of nitrogens with one attached hydrogen (secondary N) is 1. The molecule has 10 heteroatoms. The summed E-state index contributed by atoms with van der Waals surface area (Å²) in [5, 5.41) is 2.69. The third kappa shape index (κ3) is 11.0. The molecule has 1 amide bonds. The Labute approximate surface area is 266 Å². The first-order chi connectivity index (χ1) is 20.9. The van der Waals surface area contributed by atoms with Crippen molar-refractivity contribution < 1.29 is 33.4 Å². The zero-order valence-corrected chi connectivity index (χ0v) is 28.4. The van der Waals surface area contributed by atoms with Gasteiger partial charge in [-0.1, -0.05) is 99.9 Å². The predicted octanol–water partition coefficient (Wildman–Crippen LogP) is 6.96. The predicted molar refractivity (Wildman–Crippen MR) is 177 cm³/mol. The number of fused-ring (bicyclic) bond motifs is 3.